The van der Waals surface area contributed by atoms with E-state index in [2.05, 4.69) is 37.0 Å². The van der Waals surface area contributed by atoms with E-state index in [0.717, 1.165) is 63.9 Å². The van der Waals surface area contributed by atoms with Crippen molar-refractivity contribution in [1.29, 1.82) is 0 Å². The molecule has 144 valence electrons. The fourth-order valence-corrected chi connectivity index (χ4v) is 4.43. The summed E-state index contributed by atoms with van der Waals surface area (Å²) in [6.45, 7) is 6.47. The number of rotatable bonds is 3. The molecule has 1 aromatic rings. The number of hydrogen-bond acceptors (Lipinski definition) is 8. The maximum atomic E-state index is 11.7. The molecule has 3 aliphatic rings. The van der Waals surface area contributed by atoms with Gasteiger partial charge in [-0.1, -0.05) is 0 Å². The van der Waals surface area contributed by atoms with Crippen molar-refractivity contribution < 1.29 is 9.59 Å². The molecule has 9 heteroatoms. The Balaban J connectivity index is 1.38. The molecule has 2 amide bonds. The lowest BCUT2D eigenvalue weighted by molar-refractivity contribution is -0.115. The zero-order valence-electron chi connectivity index (χ0n) is 15.4. The highest BCUT2D eigenvalue weighted by Gasteiger charge is 2.28. The zero-order chi connectivity index (χ0) is 18.8. The highest BCUT2D eigenvalue weighted by Crippen LogP contribution is 2.26. The first-order valence-corrected chi connectivity index (χ1v) is 10.2. The molecule has 3 saturated heterocycles. The van der Waals surface area contributed by atoms with E-state index in [-0.39, 0.29) is 11.1 Å². The monoisotopic (exact) mass is 388 g/mol. The van der Waals surface area contributed by atoms with E-state index in [0.29, 0.717) is 22.6 Å². The number of hydrogen-bond donors (Lipinski definition) is 1. The highest BCUT2D eigenvalue weighted by molar-refractivity contribution is 8.18. The third-order valence-corrected chi connectivity index (χ3v) is 6.20. The number of imide groups is 1. The summed E-state index contributed by atoms with van der Waals surface area (Å²) in [5.41, 5.74) is 0.647. The second-order valence-corrected chi connectivity index (χ2v) is 8.21. The molecule has 3 aliphatic heterocycles. The van der Waals surface area contributed by atoms with E-state index in [4.69, 9.17) is 0 Å². The number of nitrogens with zero attached hydrogens (tertiary/aromatic N) is 5. The van der Waals surface area contributed by atoms with Crippen LogP contribution in [-0.2, 0) is 4.79 Å². The van der Waals surface area contributed by atoms with Crippen LogP contribution in [0.25, 0.3) is 6.08 Å². The van der Waals surface area contributed by atoms with Crippen LogP contribution in [0.3, 0.4) is 0 Å². The van der Waals surface area contributed by atoms with E-state index < -0.39 is 0 Å². The second-order valence-electron chi connectivity index (χ2n) is 7.19. The summed E-state index contributed by atoms with van der Waals surface area (Å²) in [7, 11) is 2.18. The number of carbonyl (C=O) groups is 2. The van der Waals surface area contributed by atoms with Gasteiger partial charge in [-0.2, -0.15) is 0 Å². The van der Waals surface area contributed by atoms with Gasteiger partial charge in [0, 0.05) is 51.5 Å². The van der Waals surface area contributed by atoms with Gasteiger partial charge in [0.1, 0.15) is 0 Å². The maximum Gasteiger partial charge on any atom is 0.290 e. The molecule has 4 heterocycles. The molecule has 0 saturated carbocycles. The van der Waals surface area contributed by atoms with E-state index in [1.165, 1.54) is 0 Å². The van der Waals surface area contributed by atoms with Crippen LogP contribution in [-0.4, -0.2) is 83.3 Å². The number of nitrogens with one attached hydrogen (secondary N) is 1. The predicted octanol–water partition coefficient (Wildman–Crippen LogP) is 1.02. The van der Waals surface area contributed by atoms with E-state index >= 15 is 0 Å². The second kappa shape index (κ2) is 7.95. The van der Waals surface area contributed by atoms with Gasteiger partial charge in [-0.05, 0) is 43.8 Å². The number of aromatic nitrogens is 2. The minimum atomic E-state index is -0.363. The molecule has 0 spiro atoms. The SMILES string of the molecule is CN1CCN(C2CCN(c3nccc(/C=C4/SC(=O)NC4=O)n3)CC2)CC1. The smallest absolute Gasteiger partial charge is 0.290 e. The number of carbonyl (C=O) groups excluding carboxylic acids is 2. The lowest BCUT2D eigenvalue weighted by atomic mass is 10.0. The number of thioether (sulfide) groups is 1. The molecule has 4 rings (SSSR count). The summed E-state index contributed by atoms with van der Waals surface area (Å²) in [5, 5.41) is 1.92. The normalized spacial score (nSPS) is 24.6. The van der Waals surface area contributed by atoms with Gasteiger partial charge in [0.2, 0.25) is 5.95 Å². The van der Waals surface area contributed by atoms with Gasteiger partial charge in [0.25, 0.3) is 11.1 Å². The molecule has 0 unspecified atom stereocenters. The standard InChI is InChI=1S/C18H24N6O2S/c1-22-8-10-23(11-9-22)14-3-6-24(7-4-14)17-19-5-2-13(20-17)12-15-16(25)21-18(26)27-15/h2,5,12,14H,3-4,6-11H2,1H3,(H,21,25,26)/b15-12+. The van der Waals surface area contributed by atoms with Gasteiger partial charge >= 0.3 is 0 Å². The number of anilines is 1. The Morgan fingerprint density at radius 3 is 2.56 bits per heavy atom. The van der Waals surface area contributed by atoms with Crippen molar-refractivity contribution in [2.24, 2.45) is 0 Å². The van der Waals surface area contributed by atoms with Crippen molar-refractivity contribution >= 4 is 34.9 Å². The van der Waals surface area contributed by atoms with Crippen molar-refractivity contribution in [3.8, 4) is 0 Å². The zero-order valence-corrected chi connectivity index (χ0v) is 16.2. The van der Waals surface area contributed by atoms with E-state index in [1.54, 1.807) is 18.3 Å². The lowest BCUT2D eigenvalue weighted by Crippen LogP contribution is -2.52. The van der Waals surface area contributed by atoms with Crippen LogP contribution < -0.4 is 10.2 Å². The Kier molecular flexibility index (Phi) is 5.42. The molecule has 0 aromatic carbocycles. The Hall–Kier alpha value is -1.97. The fraction of sp³-hybridized carbons (Fsp3) is 0.556. The van der Waals surface area contributed by atoms with Crippen LogP contribution in [0.1, 0.15) is 18.5 Å². The minimum absolute atomic E-state index is 0.341. The average Bonchev–Trinajstić information content (AvgIpc) is 3.00. The molecule has 27 heavy (non-hydrogen) atoms. The van der Waals surface area contributed by atoms with Gasteiger partial charge in [-0.25, -0.2) is 9.97 Å². The summed E-state index contributed by atoms with van der Waals surface area (Å²) in [4.78, 5) is 39.6. The number of piperazine rings is 1. The Morgan fingerprint density at radius 2 is 1.89 bits per heavy atom. The molecule has 3 fully saturated rings. The summed E-state index contributed by atoms with van der Waals surface area (Å²) < 4.78 is 0. The summed E-state index contributed by atoms with van der Waals surface area (Å²) in [5.74, 6) is 0.328. The van der Waals surface area contributed by atoms with Gasteiger partial charge in [-0.3, -0.25) is 19.8 Å². The van der Waals surface area contributed by atoms with Crippen LogP contribution in [0.4, 0.5) is 10.7 Å². The predicted molar refractivity (Wildman–Crippen MR) is 105 cm³/mol. The highest BCUT2D eigenvalue weighted by atomic mass is 32.2. The van der Waals surface area contributed by atoms with Crippen LogP contribution in [0, 0.1) is 0 Å². The summed E-state index contributed by atoms with van der Waals surface area (Å²) in [6.07, 6.45) is 5.59. The quantitative estimate of drug-likeness (QED) is 0.769. The average molecular weight is 388 g/mol. The van der Waals surface area contributed by atoms with Crippen molar-refractivity contribution in [3.05, 3.63) is 22.9 Å². The Labute approximate surface area is 163 Å². The molecular weight excluding hydrogens is 364 g/mol. The minimum Gasteiger partial charge on any atom is -0.341 e. The topological polar surface area (TPSA) is 81.7 Å². The van der Waals surface area contributed by atoms with Gasteiger partial charge in [0.05, 0.1) is 10.6 Å². The van der Waals surface area contributed by atoms with Crippen molar-refractivity contribution in [2.45, 2.75) is 18.9 Å². The van der Waals surface area contributed by atoms with Crippen LogP contribution in [0.15, 0.2) is 17.2 Å². The van der Waals surface area contributed by atoms with Gasteiger partial charge in [0.15, 0.2) is 0 Å². The van der Waals surface area contributed by atoms with Crippen molar-refractivity contribution in [2.75, 3.05) is 51.2 Å². The molecule has 0 atom stereocenters. The van der Waals surface area contributed by atoms with Crippen LogP contribution in [0.2, 0.25) is 0 Å². The number of likely N-dealkylation sites (N-methyl/N-ethyl adjacent to an activating group) is 1. The third-order valence-electron chi connectivity index (χ3n) is 5.39. The lowest BCUT2D eigenvalue weighted by Gasteiger charge is -2.42. The van der Waals surface area contributed by atoms with E-state index in [9.17, 15) is 9.59 Å². The van der Waals surface area contributed by atoms with E-state index in [1.807, 2.05) is 0 Å². The van der Waals surface area contributed by atoms with Gasteiger partial charge in [-0.15, -0.1) is 0 Å². The Morgan fingerprint density at radius 1 is 1.15 bits per heavy atom. The Bertz CT molecular complexity index is 754. The summed E-state index contributed by atoms with van der Waals surface area (Å²) in [6, 6.07) is 2.40. The summed E-state index contributed by atoms with van der Waals surface area (Å²) >= 11 is 0.905. The number of amides is 2. The molecule has 8 nitrogen and oxygen atoms in total. The molecule has 0 bridgehead atoms. The van der Waals surface area contributed by atoms with Crippen molar-refractivity contribution in [3.63, 3.8) is 0 Å². The molecule has 1 N–H and O–H groups in total. The largest absolute Gasteiger partial charge is 0.341 e. The first kappa shape index (κ1) is 18.4. The first-order valence-electron chi connectivity index (χ1n) is 9.34. The van der Waals surface area contributed by atoms with Crippen LogP contribution >= 0.6 is 11.8 Å². The molecule has 0 aliphatic carbocycles. The van der Waals surface area contributed by atoms with Crippen molar-refractivity contribution in [1.82, 2.24) is 25.1 Å². The molecular formula is C18H24N6O2S. The first-order chi connectivity index (χ1) is 13.1. The molecule has 0 radical (unpaired) electrons. The van der Waals surface area contributed by atoms with Gasteiger partial charge < -0.3 is 9.80 Å². The maximum absolute atomic E-state index is 11.7. The molecule has 1 aromatic heterocycles. The van der Waals surface area contributed by atoms with Crippen LogP contribution in [0.5, 0.6) is 0 Å². The third kappa shape index (κ3) is 4.31. The fourth-order valence-electron chi connectivity index (χ4n) is 3.77. The number of piperidine rings is 1.